The standard InChI is InChI=1S/C26H29ClN4O4/c1-2-22-28-12-14-30(22)20-10-8-17(9-11-20)16-29-25(34)23(32)24(33)26(35)31-13-4-7-21(31)18-5-3-6-19(27)15-18/h3,5-6,8-12,14-15,21,23-24,32-33H,2,4,7,13,16H2,1H3,(H,29,34)/t21?,23-,24-/m1/s1. The fourth-order valence-corrected chi connectivity index (χ4v) is 4.64. The van der Waals surface area contributed by atoms with Crippen molar-refractivity contribution < 1.29 is 19.8 Å². The molecule has 9 heteroatoms. The van der Waals surface area contributed by atoms with Crippen LogP contribution in [0.4, 0.5) is 0 Å². The van der Waals surface area contributed by atoms with Gasteiger partial charge in [0.25, 0.3) is 11.8 Å². The van der Waals surface area contributed by atoms with Gasteiger partial charge in [0.05, 0.1) is 6.04 Å². The predicted molar refractivity (Wildman–Crippen MR) is 132 cm³/mol. The maximum absolute atomic E-state index is 12.9. The van der Waals surface area contributed by atoms with Gasteiger partial charge in [0.15, 0.2) is 12.2 Å². The van der Waals surface area contributed by atoms with E-state index in [2.05, 4.69) is 10.3 Å². The number of nitrogens with zero attached hydrogens (tertiary/aromatic N) is 3. The van der Waals surface area contributed by atoms with Crippen LogP contribution in [0.15, 0.2) is 60.9 Å². The first-order chi connectivity index (χ1) is 16.9. The van der Waals surface area contributed by atoms with E-state index in [4.69, 9.17) is 11.6 Å². The normalized spacial score (nSPS) is 17.3. The smallest absolute Gasteiger partial charge is 0.255 e. The molecule has 2 heterocycles. The van der Waals surface area contributed by atoms with E-state index < -0.39 is 24.0 Å². The summed E-state index contributed by atoms with van der Waals surface area (Å²) >= 11 is 6.09. The number of likely N-dealkylation sites (tertiary alicyclic amines) is 1. The Morgan fingerprint density at radius 1 is 1.17 bits per heavy atom. The molecule has 1 saturated heterocycles. The number of amides is 2. The number of imidazole rings is 1. The van der Waals surface area contributed by atoms with Crippen LogP contribution >= 0.6 is 11.6 Å². The summed E-state index contributed by atoms with van der Waals surface area (Å²) in [5.41, 5.74) is 2.63. The van der Waals surface area contributed by atoms with Crippen molar-refractivity contribution in [1.82, 2.24) is 19.8 Å². The van der Waals surface area contributed by atoms with Gasteiger partial charge >= 0.3 is 0 Å². The quantitative estimate of drug-likeness (QED) is 0.444. The van der Waals surface area contributed by atoms with E-state index in [1.807, 2.05) is 54.1 Å². The lowest BCUT2D eigenvalue weighted by molar-refractivity contribution is -0.153. The molecule has 8 nitrogen and oxygen atoms in total. The zero-order valence-corrected chi connectivity index (χ0v) is 20.2. The lowest BCUT2D eigenvalue weighted by atomic mass is 10.0. The van der Waals surface area contributed by atoms with E-state index in [1.54, 1.807) is 18.3 Å². The number of halogens is 1. The summed E-state index contributed by atoms with van der Waals surface area (Å²) in [7, 11) is 0. The molecule has 4 rings (SSSR count). The highest BCUT2D eigenvalue weighted by molar-refractivity contribution is 6.30. The third kappa shape index (κ3) is 5.56. The van der Waals surface area contributed by atoms with Crippen LogP contribution in [0, 0.1) is 0 Å². The molecule has 3 N–H and O–H groups in total. The van der Waals surface area contributed by atoms with Crippen LogP contribution in [-0.2, 0) is 22.6 Å². The average molecular weight is 497 g/mol. The monoisotopic (exact) mass is 496 g/mol. The topological polar surface area (TPSA) is 108 Å². The van der Waals surface area contributed by atoms with E-state index >= 15 is 0 Å². The number of carbonyl (C=O) groups excluding carboxylic acids is 2. The van der Waals surface area contributed by atoms with Crippen LogP contribution in [-0.4, -0.2) is 55.2 Å². The molecule has 2 aromatic carbocycles. The van der Waals surface area contributed by atoms with E-state index in [0.29, 0.717) is 11.6 Å². The molecule has 3 atom stereocenters. The number of rotatable bonds is 8. The molecule has 1 fully saturated rings. The number of carbonyl (C=O) groups is 2. The van der Waals surface area contributed by atoms with Crippen molar-refractivity contribution in [2.24, 2.45) is 0 Å². The Labute approximate surface area is 209 Å². The van der Waals surface area contributed by atoms with Crippen molar-refractivity contribution in [2.45, 2.75) is 51.0 Å². The first kappa shape index (κ1) is 24.9. The van der Waals surface area contributed by atoms with Crippen molar-refractivity contribution in [3.05, 3.63) is 82.9 Å². The Morgan fingerprint density at radius 2 is 1.94 bits per heavy atom. The van der Waals surface area contributed by atoms with Crippen molar-refractivity contribution >= 4 is 23.4 Å². The first-order valence-electron chi connectivity index (χ1n) is 11.7. The predicted octanol–water partition coefficient (Wildman–Crippen LogP) is 2.79. The van der Waals surface area contributed by atoms with Crippen LogP contribution in [0.25, 0.3) is 5.69 Å². The average Bonchev–Trinajstić information content (AvgIpc) is 3.56. The van der Waals surface area contributed by atoms with E-state index in [0.717, 1.165) is 41.9 Å². The number of nitrogens with one attached hydrogen (secondary N) is 1. The van der Waals surface area contributed by atoms with E-state index in [1.165, 1.54) is 4.90 Å². The summed E-state index contributed by atoms with van der Waals surface area (Å²) in [6.45, 7) is 2.62. The van der Waals surface area contributed by atoms with E-state index in [9.17, 15) is 19.8 Å². The molecular formula is C26H29ClN4O4. The summed E-state index contributed by atoms with van der Waals surface area (Å²) < 4.78 is 1.99. The minimum absolute atomic E-state index is 0.149. The first-order valence-corrected chi connectivity index (χ1v) is 12.1. The van der Waals surface area contributed by atoms with Gasteiger partial charge in [0.1, 0.15) is 5.82 Å². The van der Waals surface area contributed by atoms with Gasteiger partial charge in [-0.25, -0.2) is 4.98 Å². The number of aliphatic hydroxyl groups excluding tert-OH is 2. The van der Waals surface area contributed by atoms with Crippen molar-refractivity contribution in [3.8, 4) is 5.69 Å². The van der Waals surface area contributed by atoms with Crippen molar-refractivity contribution in [1.29, 1.82) is 0 Å². The number of aromatic nitrogens is 2. The summed E-state index contributed by atoms with van der Waals surface area (Å²) in [5.74, 6) is -0.536. The third-order valence-electron chi connectivity index (χ3n) is 6.30. The number of aryl methyl sites for hydroxylation is 1. The molecule has 35 heavy (non-hydrogen) atoms. The van der Waals surface area contributed by atoms with Gasteiger partial charge in [-0.05, 0) is 48.2 Å². The second-order valence-electron chi connectivity index (χ2n) is 8.59. The van der Waals surface area contributed by atoms with Crippen LogP contribution in [0.1, 0.15) is 42.8 Å². The lowest BCUT2D eigenvalue weighted by Crippen LogP contribution is -2.50. The fourth-order valence-electron chi connectivity index (χ4n) is 4.44. The molecular weight excluding hydrogens is 468 g/mol. The summed E-state index contributed by atoms with van der Waals surface area (Å²) in [4.78, 5) is 31.2. The van der Waals surface area contributed by atoms with E-state index in [-0.39, 0.29) is 12.6 Å². The van der Waals surface area contributed by atoms with Gasteiger partial charge in [0, 0.05) is 42.6 Å². The third-order valence-corrected chi connectivity index (χ3v) is 6.54. The van der Waals surface area contributed by atoms with Crippen LogP contribution in [0.2, 0.25) is 5.02 Å². The largest absolute Gasteiger partial charge is 0.380 e. The van der Waals surface area contributed by atoms with Gasteiger partial charge in [0.2, 0.25) is 0 Å². The molecule has 0 saturated carbocycles. The number of aliphatic hydroxyl groups is 2. The molecule has 1 unspecified atom stereocenters. The van der Waals surface area contributed by atoms with Crippen molar-refractivity contribution in [3.63, 3.8) is 0 Å². The van der Waals surface area contributed by atoms with Crippen molar-refractivity contribution in [2.75, 3.05) is 6.54 Å². The van der Waals surface area contributed by atoms with Gasteiger partial charge in [-0.3, -0.25) is 9.59 Å². The molecule has 184 valence electrons. The Hall–Kier alpha value is -3.20. The highest BCUT2D eigenvalue weighted by Crippen LogP contribution is 2.33. The maximum atomic E-state index is 12.9. The lowest BCUT2D eigenvalue weighted by Gasteiger charge is -2.28. The van der Waals surface area contributed by atoms with Crippen LogP contribution in [0.3, 0.4) is 0 Å². The Balaban J connectivity index is 1.34. The molecule has 2 amide bonds. The number of benzene rings is 2. The molecule has 1 aliphatic rings. The molecule has 0 radical (unpaired) electrons. The molecule has 1 aromatic heterocycles. The Morgan fingerprint density at radius 3 is 2.66 bits per heavy atom. The number of hydrogen-bond acceptors (Lipinski definition) is 5. The molecule has 0 spiro atoms. The molecule has 0 bridgehead atoms. The zero-order valence-electron chi connectivity index (χ0n) is 19.5. The van der Waals surface area contributed by atoms with Gasteiger partial charge in [-0.2, -0.15) is 0 Å². The SMILES string of the molecule is CCc1nccn1-c1ccc(CNC(=O)[C@H](O)[C@@H](O)C(=O)N2CCCC2c2cccc(Cl)c2)cc1. The van der Waals surface area contributed by atoms with Gasteiger partial charge in [-0.1, -0.05) is 42.8 Å². The Kier molecular flexibility index (Phi) is 7.85. The summed E-state index contributed by atoms with van der Waals surface area (Å²) in [5, 5.41) is 24.0. The molecule has 3 aromatic rings. The fraction of sp³-hybridized carbons (Fsp3) is 0.346. The molecule has 0 aliphatic carbocycles. The number of hydrogen-bond donors (Lipinski definition) is 3. The second-order valence-corrected chi connectivity index (χ2v) is 9.02. The minimum Gasteiger partial charge on any atom is -0.380 e. The highest BCUT2D eigenvalue weighted by Gasteiger charge is 2.38. The minimum atomic E-state index is -1.87. The zero-order chi connectivity index (χ0) is 24.9. The summed E-state index contributed by atoms with van der Waals surface area (Å²) in [6.07, 6.45) is 2.19. The van der Waals surface area contributed by atoms with Crippen LogP contribution < -0.4 is 5.32 Å². The summed E-state index contributed by atoms with van der Waals surface area (Å²) in [6, 6.07) is 14.5. The molecule has 1 aliphatic heterocycles. The van der Waals surface area contributed by atoms with Crippen LogP contribution in [0.5, 0.6) is 0 Å². The van der Waals surface area contributed by atoms with Gasteiger partial charge in [-0.15, -0.1) is 0 Å². The second kappa shape index (κ2) is 11.0. The van der Waals surface area contributed by atoms with Gasteiger partial charge < -0.3 is 25.0 Å². The maximum Gasteiger partial charge on any atom is 0.255 e. The Bertz CT molecular complexity index is 1180. The highest BCUT2D eigenvalue weighted by atomic mass is 35.5.